The number of nitrogens with two attached hydrogens (primary N) is 1. The summed E-state index contributed by atoms with van der Waals surface area (Å²) in [6.07, 6.45) is 0. The van der Waals surface area contributed by atoms with Gasteiger partial charge in [0.25, 0.3) is 0 Å². The lowest BCUT2D eigenvalue weighted by Gasteiger charge is -2.07. The second kappa shape index (κ2) is 6.08. The zero-order valence-corrected chi connectivity index (χ0v) is 9.89. The van der Waals surface area contributed by atoms with Crippen LogP contribution in [0.1, 0.15) is 5.56 Å². The predicted octanol–water partition coefficient (Wildman–Crippen LogP) is 2.12. The minimum Gasteiger partial charge on any atom is -0.480 e. The van der Waals surface area contributed by atoms with Crippen LogP contribution in [-0.4, -0.2) is 22.9 Å². The number of aliphatic carboxylic acids is 1. The van der Waals surface area contributed by atoms with E-state index in [0.717, 1.165) is 0 Å². The van der Waals surface area contributed by atoms with Gasteiger partial charge in [-0.05, 0) is 23.8 Å². The van der Waals surface area contributed by atoms with Crippen molar-refractivity contribution in [2.24, 2.45) is 5.73 Å². The Hall–Kier alpha value is -0.780. The molecule has 0 aromatic heterocycles. The van der Waals surface area contributed by atoms with Crippen molar-refractivity contribution in [1.82, 2.24) is 0 Å². The third-order valence-electron chi connectivity index (χ3n) is 1.88. The van der Waals surface area contributed by atoms with E-state index >= 15 is 0 Å². The lowest BCUT2D eigenvalue weighted by Crippen LogP contribution is -2.32. The Morgan fingerprint density at radius 1 is 1.62 bits per heavy atom. The number of hydrogen-bond acceptors (Lipinski definition) is 3. The molecule has 1 aromatic carbocycles. The van der Waals surface area contributed by atoms with E-state index in [1.165, 1.54) is 30.0 Å². The van der Waals surface area contributed by atoms with Crippen LogP contribution >= 0.6 is 23.4 Å². The van der Waals surface area contributed by atoms with E-state index in [1.807, 2.05) is 0 Å². The van der Waals surface area contributed by atoms with E-state index in [4.69, 9.17) is 22.4 Å². The zero-order chi connectivity index (χ0) is 12.1. The van der Waals surface area contributed by atoms with E-state index in [-0.39, 0.29) is 11.6 Å². The Balaban J connectivity index is 2.48. The van der Waals surface area contributed by atoms with E-state index in [1.54, 1.807) is 0 Å². The second-order valence-electron chi connectivity index (χ2n) is 3.20. The number of carboxylic acid groups (broad SMARTS) is 1. The van der Waals surface area contributed by atoms with Gasteiger partial charge in [-0.15, -0.1) is 0 Å². The molecule has 1 aromatic rings. The Morgan fingerprint density at radius 2 is 2.31 bits per heavy atom. The van der Waals surface area contributed by atoms with Crippen LogP contribution in [-0.2, 0) is 10.5 Å². The molecular formula is C10H11ClFNO2S. The fourth-order valence-corrected chi connectivity index (χ4v) is 2.26. The van der Waals surface area contributed by atoms with Crippen molar-refractivity contribution < 1.29 is 14.3 Å². The van der Waals surface area contributed by atoms with Gasteiger partial charge in [0.05, 0.1) is 0 Å². The maximum atomic E-state index is 12.9. The Bertz CT molecular complexity index is 389. The third kappa shape index (κ3) is 4.00. The van der Waals surface area contributed by atoms with Crippen molar-refractivity contribution in [3.05, 3.63) is 34.6 Å². The van der Waals surface area contributed by atoms with E-state index in [2.05, 4.69) is 0 Å². The summed E-state index contributed by atoms with van der Waals surface area (Å²) >= 11 is 7.16. The summed E-state index contributed by atoms with van der Waals surface area (Å²) in [5, 5.41) is 9.02. The molecule has 0 heterocycles. The quantitative estimate of drug-likeness (QED) is 0.854. The normalized spacial score (nSPS) is 12.4. The van der Waals surface area contributed by atoms with Gasteiger partial charge in [0, 0.05) is 16.5 Å². The number of carbonyl (C=O) groups is 1. The summed E-state index contributed by atoms with van der Waals surface area (Å²) in [7, 11) is 0. The summed E-state index contributed by atoms with van der Waals surface area (Å²) in [6.45, 7) is 0. The van der Waals surface area contributed by atoms with E-state index in [9.17, 15) is 9.18 Å². The summed E-state index contributed by atoms with van der Waals surface area (Å²) in [5.74, 6) is -0.694. The molecule has 0 aliphatic rings. The minimum absolute atomic E-state index is 0.266. The first-order valence-corrected chi connectivity index (χ1v) is 6.04. The minimum atomic E-state index is -1.04. The van der Waals surface area contributed by atoms with Gasteiger partial charge in [-0.3, -0.25) is 4.79 Å². The van der Waals surface area contributed by atoms with Crippen molar-refractivity contribution in [3.8, 4) is 0 Å². The van der Waals surface area contributed by atoms with Crippen LogP contribution < -0.4 is 5.73 Å². The first kappa shape index (κ1) is 13.3. The van der Waals surface area contributed by atoms with Gasteiger partial charge < -0.3 is 10.8 Å². The first-order chi connectivity index (χ1) is 7.50. The molecule has 3 N–H and O–H groups in total. The van der Waals surface area contributed by atoms with Crippen molar-refractivity contribution in [2.45, 2.75) is 11.8 Å². The number of thioether (sulfide) groups is 1. The van der Waals surface area contributed by atoms with Gasteiger partial charge in [-0.1, -0.05) is 11.6 Å². The zero-order valence-electron chi connectivity index (χ0n) is 8.32. The summed E-state index contributed by atoms with van der Waals surface area (Å²) in [5.41, 5.74) is 5.96. The molecule has 6 heteroatoms. The highest BCUT2D eigenvalue weighted by molar-refractivity contribution is 7.98. The molecule has 1 atom stereocenters. The molecule has 16 heavy (non-hydrogen) atoms. The van der Waals surface area contributed by atoms with Gasteiger partial charge >= 0.3 is 5.97 Å². The molecule has 0 saturated heterocycles. The van der Waals surface area contributed by atoms with Crippen molar-refractivity contribution in [3.63, 3.8) is 0 Å². The molecule has 3 nitrogen and oxygen atoms in total. The first-order valence-electron chi connectivity index (χ1n) is 4.50. The lowest BCUT2D eigenvalue weighted by atomic mass is 10.2. The lowest BCUT2D eigenvalue weighted by molar-refractivity contribution is -0.137. The average molecular weight is 264 g/mol. The van der Waals surface area contributed by atoms with Gasteiger partial charge in [-0.2, -0.15) is 11.8 Å². The molecule has 0 fully saturated rings. The number of halogens is 2. The van der Waals surface area contributed by atoms with Gasteiger partial charge in [0.15, 0.2) is 0 Å². The Labute approximate surface area is 102 Å². The van der Waals surface area contributed by atoms with Crippen molar-refractivity contribution in [1.29, 1.82) is 0 Å². The fraction of sp³-hybridized carbons (Fsp3) is 0.300. The molecule has 0 bridgehead atoms. The van der Waals surface area contributed by atoms with E-state index < -0.39 is 12.0 Å². The number of rotatable bonds is 5. The van der Waals surface area contributed by atoms with Crippen LogP contribution in [0.15, 0.2) is 18.2 Å². The molecule has 0 amide bonds. The molecule has 0 aliphatic heterocycles. The van der Waals surface area contributed by atoms with Gasteiger partial charge in [-0.25, -0.2) is 4.39 Å². The molecule has 0 aliphatic carbocycles. The summed E-state index contributed by atoms with van der Waals surface area (Å²) in [6, 6.07) is 3.18. The molecule has 0 spiro atoms. The SMILES string of the molecule is N[C@H](CSCc1cc(F)ccc1Cl)C(=O)O. The molecule has 88 valence electrons. The standard InChI is InChI=1S/C10H11ClFNO2S/c11-8-2-1-7(12)3-6(8)4-16-5-9(13)10(14)15/h1-3,9H,4-5,13H2,(H,14,15)/t9-/m1/s1. The largest absolute Gasteiger partial charge is 0.480 e. The van der Waals surface area contributed by atoms with Crippen LogP contribution in [0.3, 0.4) is 0 Å². The topological polar surface area (TPSA) is 63.3 Å². The van der Waals surface area contributed by atoms with Crippen LogP contribution in [0.25, 0.3) is 0 Å². The second-order valence-corrected chi connectivity index (χ2v) is 4.63. The van der Waals surface area contributed by atoms with Crippen LogP contribution in [0, 0.1) is 5.82 Å². The van der Waals surface area contributed by atoms with Gasteiger partial charge in [0.2, 0.25) is 0 Å². The van der Waals surface area contributed by atoms with Crippen LogP contribution in [0.2, 0.25) is 5.02 Å². The van der Waals surface area contributed by atoms with Gasteiger partial charge in [0.1, 0.15) is 11.9 Å². The molecule has 0 radical (unpaired) electrons. The highest BCUT2D eigenvalue weighted by atomic mass is 35.5. The predicted molar refractivity (Wildman–Crippen MR) is 63.2 cm³/mol. The third-order valence-corrected chi connectivity index (χ3v) is 3.36. The number of carboxylic acids is 1. The highest BCUT2D eigenvalue weighted by Gasteiger charge is 2.11. The summed E-state index contributed by atoms with van der Waals surface area (Å²) in [4.78, 5) is 10.4. The molecule has 0 unspecified atom stereocenters. The number of hydrogen-bond donors (Lipinski definition) is 2. The fourth-order valence-electron chi connectivity index (χ4n) is 1.02. The van der Waals surface area contributed by atoms with E-state index in [0.29, 0.717) is 16.3 Å². The number of benzene rings is 1. The maximum absolute atomic E-state index is 12.9. The average Bonchev–Trinajstić information content (AvgIpc) is 2.22. The molecular weight excluding hydrogens is 253 g/mol. The van der Waals surface area contributed by atoms with Crippen molar-refractivity contribution in [2.75, 3.05) is 5.75 Å². The summed E-state index contributed by atoms with van der Waals surface area (Å²) < 4.78 is 12.9. The van der Waals surface area contributed by atoms with Crippen LogP contribution in [0.5, 0.6) is 0 Å². The van der Waals surface area contributed by atoms with Crippen LogP contribution in [0.4, 0.5) is 4.39 Å². The van der Waals surface area contributed by atoms with Crippen molar-refractivity contribution >= 4 is 29.3 Å². The highest BCUT2D eigenvalue weighted by Crippen LogP contribution is 2.22. The molecule has 1 rings (SSSR count). The molecule has 0 saturated carbocycles. The maximum Gasteiger partial charge on any atom is 0.321 e. The smallest absolute Gasteiger partial charge is 0.321 e. The monoisotopic (exact) mass is 263 g/mol. The Morgan fingerprint density at radius 3 is 2.94 bits per heavy atom. The Kier molecular flexibility index (Phi) is 5.05.